The molecule has 0 radical (unpaired) electrons. The van der Waals surface area contributed by atoms with Crippen molar-refractivity contribution in [3.63, 3.8) is 0 Å². The zero-order valence-corrected chi connectivity index (χ0v) is 10.9. The van der Waals surface area contributed by atoms with Crippen LogP contribution in [0.2, 0.25) is 0 Å². The minimum atomic E-state index is -1.38. The fourth-order valence-corrected chi connectivity index (χ4v) is 1.54. The van der Waals surface area contributed by atoms with Crippen molar-refractivity contribution in [3.05, 3.63) is 11.9 Å². The second kappa shape index (κ2) is 5.31. The lowest BCUT2D eigenvalue weighted by molar-refractivity contribution is 0.0376. The monoisotopic (exact) mass is 240 g/mol. The Labute approximate surface area is 101 Å². The number of nitrogens with zero attached hydrogens (tertiary/aromatic N) is 2. The van der Waals surface area contributed by atoms with E-state index in [1.54, 1.807) is 11.6 Å². The summed E-state index contributed by atoms with van der Waals surface area (Å²) in [6.07, 6.45) is 2.72. The van der Waals surface area contributed by atoms with E-state index >= 15 is 0 Å². The Kier molecular flexibility index (Phi) is 4.28. The summed E-state index contributed by atoms with van der Waals surface area (Å²) in [5.74, 6) is 0.0694. The lowest BCUT2D eigenvalue weighted by Gasteiger charge is -2.20. The third-order valence-corrected chi connectivity index (χ3v) is 2.85. The van der Waals surface area contributed by atoms with Crippen LogP contribution in [0.15, 0.2) is 6.20 Å². The largest absolute Gasteiger partial charge is 0.493 e. The molecule has 0 aromatic carbocycles. The van der Waals surface area contributed by atoms with Crippen LogP contribution in [0.25, 0.3) is 0 Å². The van der Waals surface area contributed by atoms with Gasteiger partial charge in [-0.25, -0.2) is 0 Å². The topological polar surface area (TPSA) is 64.4 Å². The van der Waals surface area contributed by atoms with Gasteiger partial charge in [-0.2, -0.15) is 5.10 Å². The molecule has 0 saturated carbocycles. The predicted octanol–water partition coefficient (Wildman–Crippen LogP) is 1.65. The lowest BCUT2D eigenvalue weighted by Crippen LogP contribution is -2.36. The number of carbonyl (C=O) groups excluding carboxylic acids is 1. The fourth-order valence-electron chi connectivity index (χ4n) is 1.54. The molecule has 5 nitrogen and oxygen atoms in total. The molecule has 0 amide bonds. The van der Waals surface area contributed by atoms with Crippen LogP contribution >= 0.6 is 0 Å². The molecule has 0 bridgehead atoms. The van der Waals surface area contributed by atoms with E-state index in [0.29, 0.717) is 24.4 Å². The molecule has 0 aliphatic rings. The van der Waals surface area contributed by atoms with Crippen molar-refractivity contribution >= 4 is 5.78 Å². The summed E-state index contributed by atoms with van der Waals surface area (Å²) in [4.78, 5) is 12.2. The number of methoxy groups -OCH3 is 1. The molecule has 1 atom stereocenters. The van der Waals surface area contributed by atoms with Gasteiger partial charge in [0, 0.05) is 6.54 Å². The number of ketones is 1. The van der Waals surface area contributed by atoms with E-state index < -0.39 is 5.60 Å². The number of aliphatic hydroxyl groups is 1. The Morgan fingerprint density at radius 2 is 2.24 bits per heavy atom. The highest BCUT2D eigenvalue weighted by Crippen LogP contribution is 2.24. The minimum Gasteiger partial charge on any atom is -0.493 e. The van der Waals surface area contributed by atoms with Gasteiger partial charge < -0.3 is 9.84 Å². The van der Waals surface area contributed by atoms with E-state index in [4.69, 9.17) is 4.74 Å². The summed E-state index contributed by atoms with van der Waals surface area (Å²) in [5.41, 5.74) is -1.03. The molecule has 0 fully saturated rings. The summed E-state index contributed by atoms with van der Waals surface area (Å²) in [5, 5.41) is 14.1. The van der Waals surface area contributed by atoms with Crippen LogP contribution in [0.3, 0.4) is 0 Å². The highest BCUT2D eigenvalue weighted by atomic mass is 16.5. The summed E-state index contributed by atoms with van der Waals surface area (Å²) in [6, 6.07) is 0. The maximum Gasteiger partial charge on any atom is 0.215 e. The molecule has 1 aromatic heterocycles. The molecule has 1 heterocycles. The molecular formula is C12H20N2O3. The van der Waals surface area contributed by atoms with Gasteiger partial charge in [0.25, 0.3) is 0 Å². The molecule has 0 spiro atoms. The van der Waals surface area contributed by atoms with Gasteiger partial charge in [0.05, 0.1) is 13.3 Å². The maximum absolute atomic E-state index is 12.2. The zero-order chi connectivity index (χ0) is 13.1. The van der Waals surface area contributed by atoms with E-state index in [1.165, 1.54) is 20.2 Å². The smallest absolute Gasteiger partial charge is 0.215 e. The normalized spacial score (nSPS) is 14.4. The molecule has 96 valence electrons. The van der Waals surface area contributed by atoms with Gasteiger partial charge in [0.15, 0.2) is 5.75 Å². The number of aryl methyl sites for hydroxylation is 1. The van der Waals surface area contributed by atoms with E-state index in [0.717, 1.165) is 6.42 Å². The number of Topliss-reactive ketones (excluding diaryl/α,β-unsaturated/α-hetero) is 1. The SMILES string of the molecule is CCCn1ncc(OC)c1C(=O)C(C)(O)CC. The molecule has 0 aliphatic heterocycles. The van der Waals surface area contributed by atoms with Gasteiger partial charge in [-0.1, -0.05) is 13.8 Å². The van der Waals surface area contributed by atoms with Gasteiger partial charge >= 0.3 is 0 Å². The van der Waals surface area contributed by atoms with Gasteiger partial charge in [0.1, 0.15) is 11.3 Å². The molecule has 0 saturated heterocycles. The highest BCUT2D eigenvalue weighted by molar-refractivity contribution is 6.02. The van der Waals surface area contributed by atoms with E-state index in [-0.39, 0.29) is 5.78 Å². The second-order valence-electron chi connectivity index (χ2n) is 4.24. The summed E-state index contributed by atoms with van der Waals surface area (Å²) < 4.78 is 6.71. The number of rotatable bonds is 6. The van der Waals surface area contributed by atoms with Crippen LogP contribution in [0.4, 0.5) is 0 Å². The molecule has 17 heavy (non-hydrogen) atoms. The Hall–Kier alpha value is -1.36. The van der Waals surface area contributed by atoms with Gasteiger partial charge in [-0.3, -0.25) is 9.48 Å². The van der Waals surface area contributed by atoms with Crippen molar-refractivity contribution in [1.82, 2.24) is 9.78 Å². The maximum atomic E-state index is 12.2. The van der Waals surface area contributed by atoms with E-state index in [9.17, 15) is 9.90 Å². The Bertz CT molecular complexity index is 396. The quantitative estimate of drug-likeness (QED) is 0.768. The van der Waals surface area contributed by atoms with E-state index in [2.05, 4.69) is 5.10 Å². The van der Waals surface area contributed by atoms with Crippen LogP contribution in [0.5, 0.6) is 5.75 Å². The van der Waals surface area contributed by atoms with Crippen LogP contribution in [-0.2, 0) is 6.54 Å². The Morgan fingerprint density at radius 1 is 1.59 bits per heavy atom. The standard InChI is InChI=1S/C12H20N2O3/c1-5-7-14-10(9(17-4)8-13-14)11(15)12(3,16)6-2/h8,16H,5-7H2,1-4H3. The predicted molar refractivity (Wildman–Crippen MR) is 64.3 cm³/mol. The molecule has 1 unspecified atom stereocenters. The molecule has 5 heteroatoms. The summed E-state index contributed by atoms with van der Waals surface area (Å²) in [6.45, 7) is 5.91. The minimum absolute atomic E-state index is 0.345. The summed E-state index contributed by atoms with van der Waals surface area (Å²) >= 11 is 0. The average molecular weight is 240 g/mol. The van der Waals surface area contributed by atoms with Gasteiger partial charge in [0.2, 0.25) is 5.78 Å². The van der Waals surface area contributed by atoms with Crippen molar-refractivity contribution in [2.75, 3.05) is 7.11 Å². The highest BCUT2D eigenvalue weighted by Gasteiger charge is 2.34. The summed E-state index contributed by atoms with van der Waals surface area (Å²) in [7, 11) is 1.49. The first-order valence-corrected chi connectivity index (χ1v) is 5.84. The number of carbonyl (C=O) groups is 1. The van der Waals surface area contributed by atoms with Crippen LogP contribution in [-0.4, -0.2) is 33.4 Å². The van der Waals surface area contributed by atoms with Crippen molar-refractivity contribution in [2.24, 2.45) is 0 Å². The van der Waals surface area contributed by atoms with Crippen LogP contribution < -0.4 is 4.74 Å². The first-order chi connectivity index (χ1) is 7.97. The van der Waals surface area contributed by atoms with Crippen molar-refractivity contribution in [3.8, 4) is 5.75 Å². The average Bonchev–Trinajstić information content (AvgIpc) is 2.71. The molecule has 1 aromatic rings. The van der Waals surface area contributed by atoms with E-state index in [1.807, 2.05) is 6.92 Å². The third-order valence-electron chi connectivity index (χ3n) is 2.85. The lowest BCUT2D eigenvalue weighted by atomic mass is 9.95. The van der Waals surface area contributed by atoms with Gasteiger partial charge in [-0.15, -0.1) is 0 Å². The second-order valence-corrected chi connectivity index (χ2v) is 4.24. The zero-order valence-electron chi connectivity index (χ0n) is 10.9. The molecular weight excluding hydrogens is 220 g/mol. The first-order valence-electron chi connectivity index (χ1n) is 5.84. The fraction of sp³-hybridized carbons (Fsp3) is 0.667. The first kappa shape index (κ1) is 13.7. The number of ether oxygens (including phenoxy) is 1. The number of aromatic nitrogens is 2. The Morgan fingerprint density at radius 3 is 2.71 bits per heavy atom. The van der Waals surface area contributed by atoms with Crippen molar-refractivity contribution in [1.29, 1.82) is 0 Å². The van der Waals surface area contributed by atoms with Crippen LogP contribution in [0.1, 0.15) is 44.1 Å². The number of hydrogen-bond acceptors (Lipinski definition) is 4. The third kappa shape index (κ3) is 2.66. The number of hydrogen-bond donors (Lipinski definition) is 1. The van der Waals surface area contributed by atoms with Crippen molar-refractivity contribution in [2.45, 2.75) is 45.8 Å². The van der Waals surface area contributed by atoms with Crippen LogP contribution in [0, 0.1) is 0 Å². The molecule has 1 rings (SSSR count). The van der Waals surface area contributed by atoms with Crippen molar-refractivity contribution < 1.29 is 14.6 Å². The molecule has 0 aliphatic carbocycles. The molecule has 1 N–H and O–H groups in total. The Balaban J connectivity index is 3.18. The van der Waals surface area contributed by atoms with Gasteiger partial charge in [-0.05, 0) is 19.8 Å².